The molecule has 0 aromatic heterocycles. The summed E-state index contributed by atoms with van der Waals surface area (Å²) in [6.07, 6.45) is 0.785. The zero-order chi connectivity index (χ0) is 17.6. The highest BCUT2D eigenvalue weighted by Gasteiger charge is 2.28. The Morgan fingerprint density at radius 3 is 2.04 bits per heavy atom. The first-order valence-electron chi connectivity index (χ1n) is 5.67. The average Bonchev–Trinajstić information content (AvgIpc) is 2.54. The van der Waals surface area contributed by atoms with Crippen molar-refractivity contribution < 1.29 is 19.4 Å². The lowest BCUT2D eigenvalue weighted by molar-refractivity contribution is -0.392. The van der Waals surface area contributed by atoms with Gasteiger partial charge in [-0.15, -0.1) is 0 Å². The zero-order valence-corrected chi connectivity index (χ0v) is 11.5. The molecule has 0 fully saturated rings. The van der Waals surface area contributed by atoms with E-state index in [-0.39, 0.29) is 5.56 Å². The molecule has 0 unspecified atom stereocenters. The first-order chi connectivity index (χ1) is 10.8. The van der Waals surface area contributed by atoms with Crippen LogP contribution < -0.4 is 5.32 Å². The third kappa shape index (κ3) is 3.77. The van der Waals surface area contributed by atoms with Crippen LogP contribution in [-0.2, 0) is 4.74 Å². The Morgan fingerprint density at radius 2 is 1.70 bits per heavy atom. The molecular formula is C12H7N5O6. The number of rotatable bonds is 5. The minimum atomic E-state index is -0.993. The Morgan fingerprint density at radius 1 is 1.22 bits per heavy atom. The van der Waals surface area contributed by atoms with Crippen LogP contribution in [0.5, 0.6) is 0 Å². The number of hydrogen-bond acceptors (Lipinski definition) is 9. The molecule has 0 radical (unpaired) electrons. The summed E-state index contributed by atoms with van der Waals surface area (Å²) < 4.78 is 4.38. The number of nitro benzene ring substituents is 2. The van der Waals surface area contributed by atoms with Crippen LogP contribution >= 0.6 is 0 Å². The molecule has 1 N–H and O–H groups in total. The molecule has 0 aliphatic carbocycles. The highest BCUT2D eigenvalue weighted by molar-refractivity contribution is 5.93. The predicted octanol–water partition coefficient (Wildman–Crippen LogP) is 1.63. The summed E-state index contributed by atoms with van der Waals surface area (Å²) in [6, 6.07) is 4.53. The Hall–Kier alpha value is -3.99. The number of ether oxygens (including phenoxy) is 1. The van der Waals surface area contributed by atoms with E-state index in [0.717, 1.165) is 25.4 Å². The minimum absolute atomic E-state index is 0.388. The van der Waals surface area contributed by atoms with E-state index in [1.807, 2.05) is 0 Å². The van der Waals surface area contributed by atoms with E-state index in [1.165, 1.54) is 12.1 Å². The second-order valence-electron chi connectivity index (χ2n) is 3.82. The molecule has 1 aromatic carbocycles. The van der Waals surface area contributed by atoms with Crippen LogP contribution in [0.15, 0.2) is 23.9 Å². The van der Waals surface area contributed by atoms with Crippen molar-refractivity contribution >= 4 is 23.0 Å². The van der Waals surface area contributed by atoms with Gasteiger partial charge in [0, 0.05) is 18.3 Å². The monoisotopic (exact) mass is 317 g/mol. The lowest BCUT2D eigenvalue weighted by Crippen LogP contribution is -2.07. The number of esters is 1. The van der Waals surface area contributed by atoms with Crippen LogP contribution in [0.2, 0.25) is 0 Å². The van der Waals surface area contributed by atoms with Crippen LogP contribution in [0, 0.1) is 42.9 Å². The number of benzene rings is 1. The molecule has 0 spiro atoms. The summed E-state index contributed by atoms with van der Waals surface area (Å²) in [5, 5.41) is 41.6. The minimum Gasteiger partial charge on any atom is -0.465 e. The predicted molar refractivity (Wildman–Crippen MR) is 74.0 cm³/mol. The Balaban J connectivity index is 3.60. The van der Waals surface area contributed by atoms with Crippen molar-refractivity contribution in [1.82, 2.24) is 0 Å². The molecule has 11 heteroatoms. The van der Waals surface area contributed by atoms with Crippen molar-refractivity contribution in [2.75, 3.05) is 12.4 Å². The van der Waals surface area contributed by atoms with Crippen molar-refractivity contribution in [3.63, 3.8) is 0 Å². The second-order valence-corrected chi connectivity index (χ2v) is 3.82. The van der Waals surface area contributed by atoms with Gasteiger partial charge >= 0.3 is 17.3 Å². The molecule has 1 aromatic rings. The lowest BCUT2D eigenvalue weighted by atomic mass is 10.1. The number of hydrogen-bond donors (Lipinski definition) is 1. The number of allylic oxidation sites excluding steroid dienone is 1. The maximum Gasteiger partial charge on any atom is 0.338 e. The molecular weight excluding hydrogens is 310 g/mol. The third-order valence-electron chi connectivity index (χ3n) is 2.51. The molecule has 0 bridgehead atoms. The summed E-state index contributed by atoms with van der Waals surface area (Å²) in [6.45, 7) is 0. The number of carbonyl (C=O) groups is 1. The van der Waals surface area contributed by atoms with E-state index in [2.05, 4.69) is 10.1 Å². The Labute approximate surface area is 128 Å². The smallest absolute Gasteiger partial charge is 0.338 e. The van der Waals surface area contributed by atoms with Crippen LogP contribution in [0.1, 0.15) is 10.4 Å². The fourth-order valence-electron chi connectivity index (χ4n) is 1.52. The zero-order valence-electron chi connectivity index (χ0n) is 11.5. The number of methoxy groups -OCH3 is 1. The normalized spacial score (nSPS) is 9.00. The van der Waals surface area contributed by atoms with Gasteiger partial charge in [-0.1, -0.05) is 0 Å². The molecule has 1 rings (SSSR count). The number of nitriles is 2. The molecule has 116 valence electrons. The first-order valence-corrected chi connectivity index (χ1v) is 5.67. The summed E-state index contributed by atoms with van der Waals surface area (Å²) in [7, 11) is 1.01. The lowest BCUT2D eigenvalue weighted by Gasteiger charge is -2.06. The van der Waals surface area contributed by atoms with Crippen molar-refractivity contribution in [3.8, 4) is 12.1 Å². The molecule has 0 aliphatic rings. The number of nitrogens with zero attached hydrogens (tertiary/aromatic N) is 4. The van der Waals surface area contributed by atoms with Gasteiger partial charge in [-0.05, 0) is 0 Å². The SMILES string of the molecule is COC(=O)c1cc([N+](=O)[O-])c(NC=C(C#N)C#N)c([N+](=O)[O-])c1. The van der Waals surface area contributed by atoms with Gasteiger partial charge in [0.15, 0.2) is 5.69 Å². The Bertz CT molecular complexity index is 750. The molecule has 0 atom stereocenters. The van der Waals surface area contributed by atoms with E-state index in [0.29, 0.717) is 0 Å². The van der Waals surface area contributed by atoms with Crippen LogP contribution in [-0.4, -0.2) is 22.9 Å². The van der Waals surface area contributed by atoms with E-state index in [1.54, 1.807) is 0 Å². The molecule has 11 nitrogen and oxygen atoms in total. The average molecular weight is 317 g/mol. The fourth-order valence-corrected chi connectivity index (χ4v) is 1.52. The number of nitro groups is 2. The van der Waals surface area contributed by atoms with E-state index in [4.69, 9.17) is 10.5 Å². The summed E-state index contributed by atoms with van der Waals surface area (Å²) in [5.41, 5.74) is -2.99. The van der Waals surface area contributed by atoms with Crippen molar-refractivity contribution in [2.24, 2.45) is 0 Å². The van der Waals surface area contributed by atoms with Gasteiger partial charge in [0.2, 0.25) is 0 Å². The maximum absolute atomic E-state index is 11.4. The third-order valence-corrected chi connectivity index (χ3v) is 2.51. The summed E-state index contributed by atoms with van der Waals surface area (Å²) in [4.78, 5) is 31.7. The van der Waals surface area contributed by atoms with Crippen molar-refractivity contribution in [1.29, 1.82) is 10.5 Å². The molecule has 0 saturated carbocycles. The largest absolute Gasteiger partial charge is 0.465 e. The highest BCUT2D eigenvalue weighted by atomic mass is 16.6. The van der Waals surface area contributed by atoms with Gasteiger partial charge < -0.3 is 10.1 Å². The molecule has 0 saturated heterocycles. The summed E-state index contributed by atoms with van der Waals surface area (Å²) in [5.74, 6) is -0.993. The maximum atomic E-state index is 11.4. The van der Waals surface area contributed by atoms with Crippen LogP contribution in [0.25, 0.3) is 0 Å². The van der Waals surface area contributed by atoms with E-state index >= 15 is 0 Å². The topological polar surface area (TPSA) is 172 Å². The van der Waals surface area contributed by atoms with Gasteiger partial charge in [-0.25, -0.2) is 4.79 Å². The molecule has 0 amide bonds. The molecule has 0 heterocycles. The highest BCUT2D eigenvalue weighted by Crippen LogP contribution is 2.36. The van der Waals surface area contributed by atoms with Crippen molar-refractivity contribution in [2.45, 2.75) is 0 Å². The Kier molecular flexibility index (Phi) is 5.30. The second kappa shape index (κ2) is 7.14. The van der Waals surface area contributed by atoms with Gasteiger partial charge in [0.05, 0.1) is 22.5 Å². The molecule has 0 aliphatic heterocycles. The fraction of sp³-hybridized carbons (Fsp3) is 0.0833. The van der Waals surface area contributed by atoms with Crippen LogP contribution in [0.4, 0.5) is 17.1 Å². The van der Waals surface area contributed by atoms with Gasteiger partial charge in [0.1, 0.15) is 17.7 Å². The first kappa shape index (κ1) is 17.1. The van der Waals surface area contributed by atoms with Gasteiger partial charge in [-0.2, -0.15) is 10.5 Å². The number of nitrogens with one attached hydrogen (secondary N) is 1. The van der Waals surface area contributed by atoms with Gasteiger partial charge in [-0.3, -0.25) is 20.2 Å². The quantitative estimate of drug-likeness (QED) is 0.366. The molecule has 23 heavy (non-hydrogen) atoms. The van der Waals surface area contributed by atoms with Crippen LogP contribution in [0.3, 0.4) is 0 Å². The number of carbonyl (C=O) groups excluding carboxylic acids is 1. The van der Waals surface area contributed by atoms with E-state index < -0.39 is 38.5 Å². The van der Waals surface area contributed by atoms with Gasteiger partial charge in [0.25, 0.3) is 0 Å². The standard InChI is InChI=1S/C12H7N5O6/c1-23-12(18)8-2-9(16(19)20)11(10(3-8)17(21)22)15-6-7(4-13)5-14/h2-3,6,15H,1H3. The summed E-state index contributed by atoms with van der Waals surface area (Å²) >= 11 is 0. The number of anilines is 1. The van der Waals surface area contributed by atoms with Crippen molar-refractivity contribution in [3.05, 3.63) is 49.7 Å². The van der Waals surface area contributed by atoms with E-state index in [9.17, 15) is 25.0 Å².